The number of ketones is 1. The molecule has 4 nitrogen and oxygen atoms in total. The van der Waals surface area contributed by atoms with Crippen LogP contribution in [0.1, 0.15) is 21.5 Å². The van der Waals surface area contributed by atoms with Crippen LogP contribution in [0.4, 0.5) is 0 Å². The predicted molar refractivity (Wildman–Crippen MR) is 146 cm³/mol. The van der Waals surface area contributed by atoms with Gasteiger partial charge in [-0.05, 0) is 68.7 Å². The van der Waals surface area contributed by atoms with Gasteiger partial charge in [-0.15, -0.1) is 0 Å². The van der Waals surface area contributed by atoms with Gasteiger partial charge in [0.1, 0.15) is 17.9 Å². The van der Waals surface area contributed by atoms with E-state index in [1.54, 1.807) is 24.3 Å². The lowest BCUT2D eigenvalue weighted by molar-refractivity contribution is 0.0923. The molecular weight excluding hydrogens is 476 g/mol. The summed E-state index contributed by atoms with van der Waals surface area (Å²) < 4.78 is 5.84. The summed E-state index contributed by atoms with van der Waals surface area (Å²) in [7, 11) is 0. The van der Waals surface area contributed by atoms with Crippen molar-refractivity contribution in [1.82, 2.24) is 0 Å². The van der Waals surface area contributed by atoms with Gasteiger partial charge in [-0.1, -0.05) is 72.4 Å². The zero-order chi connectivity index (χ0) is 25.4. The zero-order valence-electron chi connectivity index (χ0n) is 19.6. The van der Waals surface area contributed by atoms with E-state index in [1.165, 1.54) is 17.1 Å². The number of hydrogen-bond acceptors (Lipinski definition) is 5. The summed E-state index contributed by atoms with van der Waals surface area (Å²) in [5.74, 6) is 0.505. The molecule has 0 fully saturated rings. The maximum absolute atomic E-state index is 13.2. The van der Waals surface area contributed by atoms with E-state index >= 15 is 0 Å². The predicted octanol–water partition coefficient (Wildman–Crippen LogP) is 7.74. The fraction of sp³-hybridized carbons (Fsp3) is 0.0312. The van der Waals surface area contributed by atoms with Gasteiger partial charge >= 0.3 is 0 Å². The van der Waals surface area contributed by atoms with E-state index in [0.29, 0.717) is 22.4 Å². The minimum atomic E-state index is -0.0802. The highest BCUT2D eigenvalue weighted by Crippen LogP contribution is 2.36. The zero-order valence-corrected chi connectivity index (χ0v) is 20.4. The number of hydrogen-bond donors (Lipinski definition) is 0. The molecule has 6 aromatic carbocycles. The van der Waals surface area contributed by atoms with Gasteiger partial charge < -0.3 is 4.74 Å². The molecule has 0 spiro atoms. The molecular formula is C32H18N2O2S. The molecule has 0 saturated carbocycles. The summed E-state index contributed by atoms with van der Waals surface area (Å²) in [6.45, 7) is -0.0702. The fourth-order valence-electron chi connectivity index (χ4n) is 4.76. The van der Waals surface area contributed by atoms with E-state index in [4.69, 9.17) is 4.74 Å². The van der Waals surface area contributed by atoms with Crippen molar-refractivity contribution in [2.75, 3.05) is 6.61 Å². The Bertz CT molecular complexity index is 1880. The first kappa shape index (κ1) is 22.6. The number of carbonyl (C=O) groups excluding carboxylic acids is 1. The van der Waals surface area contributed by atoms with Crippen LogP contribution >= 0.6 is 11.8 Å². The van der Waals surface area contributed by atoms with Crippen LogP contribution < -0.4 is 4.74 Å². The molecule has 0 aliphatic heterocycles. The molecule has 0 bridgehead atoms. The molecule has 0 amide bonds. The van der Waals surface area contributed by atoms with E-state index < -0.39 is 0 Å². The van der Waals surface area contributed by atoms with Crippen LogP contribution in [0.15, 0.2) is 107 Å². The maximum Gasteiger partial charge on any atom is 0.200 e. The molecule has 0 aliphatic rings. The lowest BCUT2D eigenvalue weighted by Gasteiger charge is -2.13. The number of Topliss-reactive ketones (excluding diaryl/α,β-unsaturated/α-hetero) is 1. The molecule has 37 heavy (non-hydrogen) atoms. The van der Waals surface area contributed by atoms with Gasteiger partial charge in [-0.2, -0.15) is 10.5 Å². The van der Waals surface area contributed by atoms with Gasteiger partial charge in [0.25, 0.3) is 0 Å². The Hall–Kier alpha value is -4.84. The summed E-state index contributed by atoms with van der Waals surface area (Å²) in [5, 5.41) is 25.4. The van der Waals surface area contributed by atoms with Gasteiger partial charge in [0.05, 0.1) is 11.1 Å². The Morgan fingerprint density at radius 1 is 0.730 bits per heavy atom. The van der Waals surface area contributed by atoms with E-state index in [9.17, 15) is 15.3 Å². The van der Waals surface area contributed by atoms with Crippen LogP contribution in [-0.2, 0) is 0 Å². The van der Waals surface area contributed by atoms with Crippen LogP contribution in [-0.4, -0.2) is 12.4 Å². The highest BCUT2D eigenvalue weighted by atomic mass is 32.2. The van der Waals surface area contributed by atoms with Crippen molar-refractivity contribution < 1.29 is 9.53 Å². The molecule has 0 N–H and O–H groups in total. The highest BCUT2D eigenvalue weighted by Gasteiger charge is 2.16. The third-order valence-corrected chi connectivity index (χ3v) is 7.58. The third-order valence-electron chi connectivity index (χ3n) is 6.51. The SMILES string of the molecule is N#Cc1cccc(Sc2ccc(OCC(=O)c3ccc4ccc5cccc6ccc3c4c56)cc2)c1C#N. The Labute approximate surface area is 217 Å². The Morgan fingerprint density at radius 2 is 1.41 bits per heavy atom. The summed E-state index contributed by atoms with van der Waals surface area (Å²) >= 11 is 1.41. The van der Waals surface area contributed by atoms with Gasteiger partial charge in [0.2, 0.25) is 5.78 Å². The van der Waals surface area contributed by atoms with Gasteiger partial charge in [0, 0.05) is 15.4 Å². The number of carbonyl (C=O) groups is 1. The second-order valence-corrected chi connectivity index (χ2v) is 9.77. The Morgan fingerprint density at radius 3 is 2.14 bits per heavy atom. The molecule has 0 heterocycles. The summed E-state index contributed by atoms with van der Waals surface area (Å²) in [4.78, 5) is 14.8. The van der Waals surface area contributed by atoms with Crippen LogP contribution in [0, 0.1) is 22.7 Å². The number of benzene rings is 6. The quantitative estimate of drug-likeness (QED) is 0.175. The smallest absolute Gasteiger partial charge is 0.200 e. The van der Waals surface area contributed by atoms with Crippen molar-refractivity contribution in [3.63, 3.8) is 0 Å². The molecule has 6 rings (SSSR count). The van der Waals surface area contributed by atoms with E-state index in [0.717, 1.165) is 36.7 Å². The molecule has 0 radical (unpaired) electrons. The largest absolute Gasteiger partial charge is 0.485 e. The van der Waals surface area contributed by atoms with Crippen LogP contribution in [0.5, 0.6) is 5.75 Å². The molecule has 0 aliphatic carbocycles. The average molecular weight is 495 g/mol. The number of ether oxygens (including phenoxy) is 1. The third kappa shape index (κ3) is 4.02. The minimum Gasteiger partial charge on any atom is -0.485 e. The first-order valence-electron chi connectivity index (χ1n) is 11.7. The van der Waals surface area contributed by atoms with Crippen LogP contribution in [0.2, 0.25) is 0 Å². The summed E-state index contributed by atoms with van der Waals surface area (Å²) in [6, 6.07) is 35.2. The first-order valence-corrected chi connectivity index (χ1v) is 12.5. The van der Waals surface area contributed by atoms with Crippen molar-refractivity contribution in [3.05, 3.63) is 114 Å². The molecule has 174 valence electrons. The maximum atomic E-state index is 13.2. The van der Waals surface area contributed by atoms with Gasteiger partial charge in [-0.25, -0.2) is 0 Å². The van der Waals surface area contributed by atoms with Crippen molar-refractivity contribution in [2.24, 2.45) is 0 Å². The Balaban J connectivity index is 1.22. The standard InChI is InChI=1S/C32H18N2O2S/c33-17-23-5-2-6-30(28(23)18-34)37-25-13-11-24(12-14-25)36-19-29(35)26-15-9-22-8-7-20-3-1-4-21-10-16-27(26)32(22)31(20)21/h1-16H,19H2. The molecule has 0 atom stereocenters. The summed E-state index contributed by atoms with van der Waals surface area (Å²) in [5.41, 5.74) is 1.38. The molecule has 5 heteroatoms. The van der Waals surface area contributed by atoms with E-state index in [1.807, 2.05) is 36.4 Å². The van der Waals surface area contributed by atoms with E-state index in [-0.39, 0.29) is 12.4 Å². The molecule has 0 unspecified atom stereocenters. The van der Waals surface area contributed by atoms with Crippen molar-refractivity contribution in [1.29, 1.82) is 10.5 Å². The van der Waals surface area contributed by atoms with Crippen LogP contribution in [0.3, 0.4) is 0 Å². The van der Waals surface area contributed by atoms with E-state index in [2.05, 4.69) is 48.5 Å². The molecule has 6 aromatic rings. The lowest BCUT2D eigenvalue weighted by Crippen LogP contribution is -2.12. The minimum absolute atomic E-state index is 0.0702. The topological polar surface area (TPSA) is 73.9 Å². The first-order chi connectivity index (χ1) is 18.2. The molecule has 0 saturated heterocycles. The van der Waals surface area contributed by atoms with Crippen molar-refractivity contribution in [2.45, 2.75) is 9.79 Å². The molecule has 0 aromatic heterocycles. The Kier molecular flexibility index (Phi) is 5.69. The normalized spacial score (nSPS) is 11.0. The van der Waals surface area contributed by atoms with Crippen molar-refractivity contribution >= 4 is 49.9 Å². The van der Waals surface area contributed by atoms with Crippen molar-refractivity contribution in [3.8, 4) is 17.9 Å². The lowest BCUT2D eigenvalue weighted by atomic mass is 9.91. The second kappa shape index (κ2) is 9.32. The monoisotopic (exact) mass is 494 g/mol. The fourth-order valence-corrected chi connectivity index (χ4v) is 5.69. The van der Waals surface area contributed by atoms with Crippen LogP contribution in [0.25, 0.3) is 32.3 Å². The second-order valence-electron chi connectivity index (χ2n) is 8.66. The average Bonchev–Trinajstić information content (AvgIpc) is 2.95. The number of rotatable bonds is 6. The van der Waals surface area contributed by atoms with Gasteiger partial charge in [-0.3, -0.25) is 4.79 Å². The summed E-state index contributed by atoms with van der Waals surface area (Å²) in [6.07, 6.45) is 0. The number of nitriles is 2. The van der Waals surface area contributed by atoms with Gasteiger partial charge in [0.15, 0.2) is 6.61 Å². The highest BCUT2D eigenvalue weighted by molar-refractivity contribution is 7.99. The number of nitrogens with zero attached hydrogens (tertiary/aromatic N) is 2.